The van der Waals surface area contributed by atoms with E-state index in [1.165, 1.54) is 58.2 Å². The van der Waals surface area contributed by atoms with Gasteiger partial charge in [0.1, 0.15) is 0 Å². The van der Waals surface area contributed by atoms with E-state index in [1.54, 1.807) is 0 Å². The van der Waals surface area contributed by atoms with E-state index in [0.29, 0.717) is 0 Å². The zero-order chi connectivity index (χ0) is 10.7. The van der Waals surface area contributed by atoms with Crippen LogP contribution < -0.4 is 0 Å². The van der Waals surface area contributed by atoms with E-state index in [2.05, 4.69) is 18.7 Å². The van der Waals surface area contributed by atoms with Gasteiger partial charge in [0.25, 0.3) is 0 Å². The van der Waals surface area contributed by atoms with E-state index in [4.69, 9.17) is 0 Å². The molecule has 88 valence electrons. The number of hydrogen-bond donors (Lipinski definition) is 0. The van der Waals surface area contributed by atoms with Crippen molar-refractivity contribution in [2.24, 2.45) is 17.8 Å². The third-order valence-electron chi connectivity index (χ3n) is 4.08. The van der Waals surface area contributed by atoms with Gasteiger partial charge in [-0.2, -0.15) is 0 Å². The maximum Gasteiger partial charge on any atom is 0.00222 e. The largest absolute Gasteiger partial charge is 0.302 e. The molecule has 0 aromatic heterocycles. The molecule has 15 heavy (non-hydrogen) atoms. The quantitative estimate of drug-likeness (QED) is 0.684. The van der Waals surface area contributed by atoms with Crippen LogP contribution >= 0.6 is 0 Å². The maximum absolute atomic E-state index is 2.70. The van der Waals surface area contributed by atoms with Crippen molar-refractivity contribution in [3.8, 4) is 0 Å². The minimum atomic E-state index is 0.895. The molecule has 0 aromatic rings. The van der Waals surface area contributed by atoms with Gasteiger partial charge in [-0.15, -0.1) is 0 Å². The smallest absolute Gasteiger partial charge is 0.00222 e. The van der Waals surface area contributed by atoms with Crippen LogP contribution in [0, 0.1) is 17.8 Å². The van der Waals surface area contributed by atoms with Gasteiger partial charge in [0.15, 0.2) is 0 Å². The van der Waals surface area contributed by atoms with Crippen molar-refractivity contribution in [2.45, 2.75) is 52.4 Å². The van der Waals surface area contributed by atoms with Crippen molar-refractivity contribution < 1.29 is 0 Å². The molecule has 1 aliphatic carbocycles. The van der Waals surface area contributed by atoms with Gasteiger partial charge in [-0.25, -0.2) is 0 Å². The van der Waals surface area contributed by atoms with Crippen LogP contribution in [-0.2, 0) is 0 Å². The van der Waals surface area contributed by atoms with Crippen molar-refractivity contribution in [1.29, 1.82) is 0 Å². The second-order valence-corrected chi connectivity index (χ2v) is 6.22. The predicted octanol–water partition coefficient (Wildman–Crippen LogP) is 3.54. The van der Waals surface area contributed by atoms with E-state index in [0.717, 1.165) is 17.8 Å². The Morgan fingerprint density at radius 3 is 2.27 bits per heavy atom. The van der Waals surface area contributed by atoms with Crippen LogP contribution in [0.15, 0.2) is 0 Å². The molecule has 0 atom stereocenters. The summed E-state index contributed by atoms with van der Waals surface area (Å²) in [6.45, 7) is 8.91. The zero-order valence-corrected chi connectivity index (χ0v) is 10.5. The second-order valence-electron chi connectivity index (χ2n) is 6.22. The summed E-state index contributed by atoms with van der Waals surface area (Å²) in [7, 11) is 0. The third kappa shape index (κ3) is 3.48. The van der Waals surface area contributed by atoms with Gasteiger partial charge in [0.05, 0.1) is 0 Å². The van der Waals surface area contributed by atoms with Crippen LogP contribution in [0.2, 0.25) is 0 Å². The average molecular weight is 209 g/mol. The highest BCUT2D eigenvalue weighted by molar-refractivity contribution is 4.82. The minimum Gasteiger partial charge on any atom is -0.302 e. The molecular weight excluding hydrogens is 182 g/mol. The normalized spacial score (nSPS) is 25.8. The Morgan fingerprint density at radius 1 is 1.00 bits per heavy atom. The summed E-state index contributed by atoms with van der Waals surface area (Å²) in [5.41, 5.74) is 0. The van der Waals surface area contributed by atoms with Crippen LogP contribution in [0.5, 0.6) is 0 Å². The van der Waals surface area contributed by atoms with Crippen molar-refractivity contribution >= 4 is 0 Å². The van der Waals surface area contributed by atoms with E-state index >= 15 is 0 Å². The van der Waals surface area contributed by atoms with Crippen LogP contribution in [-0.4, -0.2) is 24.5 Å². The SMILES string of the molecule is CC(C)CC1CN(CC2CCCCC2)C1. The minimum absolute atomic E-state index is 0.895. The van der Waals surface area contributed by atoms with Crippen LogP contribution in [0.25, 0.3) is 0 Å². The monoisotopic (exact) mass is 209 g/mol. The molecule has 0 spiro atoms. The first-order valence-electron chi connectivity index (χ1n) is 6.96. The fourth-order valence-electron chi connectivity index (χ4n) is 3.38. The summed E-state index contributed by atoms with van der Waals surface area (Å²) < 4.78 is 0. The molecule has 2 rings (SSSR count). The first-order valence-corrected chi connectivity index (χ1v) is 6.96. The molecule has 1 heteroatoms. The Hall–Kier alpha value is -0.0400. The van der Waals surface area contributed by atoms with Gasteiger partial charge in [0.2, 0.25) is 0 Å². The zero-order valence-electron chi connectivity index (χ0n) is 10.5. The summed E-state index contributed by atoms with van der Waals surface area (Å²) in [5.74, 6) is 2.96. The molecule has 0 bridgehead atoms. The van der Waals surface area contributed by atoms with Crippen molar-refractivity contribution in [3.05, 3.63) is 0 Å². The highest BCUT2D eigenvalue weighted by atomic mass is 15.2. The number of likely N-dealkylation sites (tertiary alicyclic amines) is 1. The van der Waals surface area contributed by atoms with Gasteiger partial charge < -0.3 is 4.90 Å². The molecule has 1 saturated heterocycles. The summed E-state index contributed by atoms with van der Waals surface area (Å²) in [6, 6.07) is 0. The molecule has 0 aromatic carbocycles. The van der Waals surface area contributed by atoms with Crippen molar-refractivity contribution in [1.82, 2.24) is 4.90 Å². The molecule has 1 saturated carbocycles. The lowest BCUT2D eigenvalue weighted by atomic mass is 9.85. The summed E-state index contributed by atoms with van der Waals surface area (Å²) in [5, 5.41) is 0. The molecule has 0 amide bonds. The fraction of sp³-hybridized carbons (Fsp3) is 1.00. The summed E-state index contributed by atoms with van der Waals surface area (Å²) in [4.78, 5) is 2.70. The maximum atomic E-state index is 2.70. The van der Waals surface area contributed by atoms with E-state index in [1.807, 2.05) is 0 Å². The third-order valence-corrected chi connectivity index (χ3v) is 4.08. The first kappa shape index (κ1) is 11.4. The van der Waals surface area contributed by atoms with Crippen LogP contribution in [0.4, 0.5) is 0 Å². The highest BCUT2D eigenvalue weighted by Crippen LogP contribution is 2.28. The highest BCUT2D eigenvalue weighted by Gasteiger charge is 2.28. The molecule has 2 fully saturated rings. The van der Waals surface area contributed by atoms with Crippen LogP contribution in [0.1, 0.15) is 52.4 Å². The lowest BCUT2D eigenvalue weighted by Crippen LogP contribution is -2.49. The van der Waals surface area contributed by atoms with Crippen molar-refractivity contribution in [2.75, 3.05) is 19.6 Å². The predicted molar refractivity (Wildman–Crippen MR) is 66.0 cm³/mol. The molecule has 0 unspecified atom stereocenters. The standard InChI is InChI=1S/C14H27N/c1-12(2)8-14-10-15(11-14)9-13-6-4-3-5-7-13/h12-14H,3-11H2,1-2H3. The molecule has 1 heterocycles. The molecule has 0 N–H and O–H groups in total. The van der Waals surface area contributed by atoms with Gasteiger partial charge >= 0.3 is 0 Å². The van der Waals surface area contributed by atoms with E-state index in [9.17, 15) is 0 Å². The van der Waals surface area contributed by atoms with Gasteiger partial charge in [-0.05, 0) is 37.0 Å². The molecule has 1 aliphatic heterocycles. The van der Waals surface area contributed by atoms with Crippen LogP contribution in [0.3, 0.4) is 0 Å². The first-order chi connectivity index (χ1) is 7.24. The number of nitrogens with zero attached hydrogens (tertiary/aromatic N) is 1. The molecule has 0 radical (unpaired) electrons. The average Bonchev–Trinajstić information content (AvgIpc) is 2.15. The summed E-state index contributed by atoms with van der Waals surface area (Å²) >= 11 is 0. The van der Waals surface area contributed by atoms with E-state index in [-0.39, 0.29) is 0 Å². The molecule has 2 aliphatic rings. The lowest BCUT2D eigenvalue weighted by molar-refractivity contribution is 0.0613. The number of hydrogen-bond acceptors (Lipinski definition) is 1. The Labute approximate surface area is 95.2 Å². The Kier molecular flexibility index (Phi) is 4.07. The van der Waals surface area contributed by atoms with Gasteiger partial charge in [0, 0.05) is 19.6 Å². The number of rotatable bonds is 4. The topological polar surface area (TPSA) is 3.24 Å². The molecular formula is C14H27N. The Morgan fingerprint density at radius 2 is 1.67 bits per heavy atom. The second kappa shape index (κ2) is 5.34. The van der Waals surface area contributed by atoms with Crippen molar-refractivity contribution in [3.63, 3.8) is 0 Å². The lowest BCUT2D eigenvalue weighted by Gasteiger charge is -2.42. The Bertz CT molecular complexity index is 176. The van der Waals surface area contributed by atoms with Gasteiger partial charge in [-0.3, -0.25) is 0 Å². The fourth-order valence-corrected chi connectivity index (χ4v) is 3.38. The Balaban J connectivity index is 1.58. The van der Waals surface area contributed by atoms with E-state index < -0.39 is 0 Å². The molecule has 1 nitrogen and oxygen atoms in total. The summed E-state index contributed by atoms with van der Waals surface area (Å²) in [6.07, 6.45) is 8.94. The van der Waals surface area contributed by atoms with Gasteiger partial charge in [-0.1, -0.05) is 33.1 Å².